The van der Waals surface area contributed by atoms with E-state index in [2.05, 4.69) is 6.58 Å². The van der Waals surface area contributed by atoms with E-state index >= 15 is 0 Å². The molecule has 2 aromatic rings. The highest BCUT2D eigenvalue weighted by atomic mass is 19.2. The molecule has 0 atom stereocenters. The molecule has 6 heteroatoms. The van der Waals surface area contributed by atoms with Crippen molar-refractivity contribution in [1.29, 1.82) is 0 Å². The Bertz CT molecular complexity index is 861. The Morgan fingerprint density at radius 1 is 1.10 bits per heavy atom. The molecule has 1 fully saturated rings. The Kier molecular flexibility index (Phi) is 7.94. The highest BCUT2D eigenvalue weighted by Gasteiger charge is 2.28. The molecular weight excluding hydrogens is 393 g/mol. The van der Waals surface area contributed by atoms with Crippen LogP contribution in [-0.4, -0.2) is 19.8 Å². The standard InChI is InChI=1S/C24H27F3O3/c1-3-4-5-12-28-21-11-10-19(22(26)23(21)27)24-29-14-18(15-30-24)9-8-17-7-6-16(2)20(25)13-17/h3,6-7,10-11,13,18,24H,1,4-5,8-9,12,14-15H2,2H3. The summed E-state index contributed by atoms with van der Waals surface area (Å²) in [5, 5.41) is 0. The van der Waals surface area contributed by atoms with E-state index in [1.54, 1.807) is 25.1 Å². The van der Waals surface area contributed by atoms with Crippen molar-refractivity contribution in [2.45, 2.75) is 38.9 Å². The van der Waals surface area contributed by atoms with Crippen LogP contribution in [0.4, 0.5) is 13.2 Å². The minimum absolute atomic E-state index is 0.0185. The summed E-state index contributed by atoms with van der Waals surface area (Å²) in [4.78, 5) is 0. The van der Waals surface area contributed by atoms with Gasteiger partial charge in [0, 0.05) is 11.5 Å². The van der Waals surface area contributed by atoms with E-state index < -0.39 is 17.9 Å². The zero-order valence-corrected chi connectivity index (χ0v) is 17.1. The third-order valence-electron chi connectivity index (χ3n) is 5.18. The Morgan fingerprint density at radius 2 is 1.87 bits per heavy atom. The van der Waals surface area contributed by atoms with Gasteiger partial charge in [-0.25, -0.2) is 8.78 Å². The fourth-order valence-corrected chi connectivity index (χ4v) is 3.30. The fraction of sp³-hybridized carbons (Fsp3) is 0.417. The lowest BCUT2D eigenvalue weighted by Gasteiger charge is -2.30. The molecule has 0 bridgehead atoms. The molecule has 1 aliphatic rings. The first-order chi connectivity index (χ1) is 14.5. The van der Waals surface area contributed by atoms with E-state index in [1.807, 2.05) is 6.07 Å². The van der Waals surface area contributed by atoms with E-state index in [-0.39, 0.29) is 29.7 Å². The van der Waals surface area contributed by atoms with Gasteiger partial charge in [-0.3, -0.25) is 0 Å². The number of allylic oxidation sites excluding steroid dienone is 1. The molecule has 1 heterocycles. The molecule has 3 nitrogen and oxygen atoms in total. The zero-order chi connectivity index (χ0) is 21.5. The number of hydrogen-bond acceptors (Lipinski definition) is 3. The Morgan fingerprint density at radius 3 is 2.57 bits per heavy atom. The van der Waals surface area contributed by atoms with Crippen LogP contribution < -0.4 is 4.74 Å². The van der Waals surface area contributed by atoms with Crippen molar-refractivity contribution in [3.8, 4) is 5.75 Å². The molecule has 0 spiro atoms. The first kappa shape index (κ1) is 22.4. The Labute approximate surface area is 175 Å². The maximum Gasteiger partial charge on any atom is 0.201 e. The van der Waals surface area contributed by atoms with Gasteiger partial charge in [0.05, 0.1) is 19.8 Å². The summed E-state index contributed by atoms with van der Waals surface area (Å²) in [5.41, 5.74) is 1.55. The van der Waals surface area contributed by atoms with Crippen LogP contribution in [0.15, 0.2) is 43.0 Å². The van der Waals surface area contributed by atoms with Crippen molar-refractivity contribution in [1.82, 2.24) is 0 Å². The van der Waals surface area contributed by atoms with E-state index in [0.29, 0.717) is 31.6 Å². The van der Waals surface area contributed by atoms with Gasteiger partial charge in [-0.05, 0) is 61.9 Å². The molecule has 0 saturated carbocycles. The average Bonchev–Trinajstić information content (AvgIpc) is 2.75. The van der Waals surface area contributed by atoms with Gasteiger partial charge in [0.25, 0.3) is 0 Å². The highest BCUT2D eigenvalue weighted by Crippen LogP contribution is 2.32. The summed E-state index contributed by atoms with van der Waals surface area (Å²) < 4.78 is 59.0. The fourth-order valence-electron chi connectivity index (χ4n) is 3.30. The first-order valence-corrected chi connectivity index (χ1v) is 10.2. The van der Waals surface area contributed by atoms with Crippen LogP contribution in [0.1, 0.15) is 42.2 Å². The lowest BCUT2D eigenvalue weighted by molar-refractivity contribution is -0.207. The monoisotopic (exact) mass is 420 g/mol. The second-order valence-electron chi connectivity index (χ2n) is 7.55. The van der Waals surface area contributed by atoms with Gasteiger partial charge in [0.15, 0.2) is 17.9 Å². The van der Waals surface area contributed by atoms with Crippen molar-refractivity contribution in [2.24, 2.45) is 5.92 Å². The number of benzene rings is 2. The largest absolute Gasteiger partial charge is 0.490 e. The third kappa shape index (κ3) is 5.64. The minimum Gasteiger partial charge on any atom is -0.490 e. The van der Waals surface area contributed by atoms with Gasteiger partial charge >= 0.3 is 0 Å². The summed E-state index contributed by atoms with van der Waals surface area (Å²) in [6.07, 6.45) is 3.66. The molecule has 0 unspecified atom stereocenters. The van der Waals surface area contributed by atoms with Gasteiger partial charge in [-0.15, -0.1) is 6.58 Å². The van der Waals surface area contributed by atoms with Crippen molar-refractivity contribution in [2.75, 3.05) is 19.8 Å². The average molecular weight is 420 g/mol. The van der Waals surface area contributed by atoms with Crippen molar-refractivity contribution < 1.29 is 27.4 Å². The normalized spacial score (nSPS) is 18.9. The molecule has 3 rings (SSSR count). The molecule has 1 aliphatic heterocycles. The molecule has 0 aliphatic carbocycles. The Balaban J connectivity index is 1.52. The lowest BCUT2D eigenvalue weighted by Crippen LogP contribution is -2.28. The number of unbranched alkanes of at least 4 members (excludes halogenated alkanes) is 1. The molecule has 1 saturated heterocycles. The molecule has 0 radical (unpaired) electrons. The molecule has 162 valence electrons. The molecule has 0 N–H and O–H groups in total. The number of hydrogen-bond donors (Lipinski definition) is 0. The number of halogens is 3. The highest BCUT2D eigenvalue weighted by molar-refractivity contribution is 5.32. The van der Waals surface area contributed by atoms with Crippen LogP contribution in [0, 0.1) is 30.3 Å². The maximum absolute atomic E-state index is 14.5. The minimum atomic E-state index is -1.04. The topological polar surface area (TPSA) is 27.7 Å². The van der Waals surface area contributed by atoms with Gasteiger partial charge in [0.1, 0.15) is 5.82 Å². The summed E-state index contributed by atoms with van der Waals surface area (Å²) in [5.74, 6) is -2.30. The van der Waals surface area contributed by atoms with Crippen molar-refractivity contribution in [3.05, 3.63) is 77.1 Å². The third-order valence-corrected chi connectivity index (χ3v) is 5.18. The Hall–Kier alpha value is -2.31. The summed E-state index contributed by atoms with van der Waals surface area (Å²) >= 11 is 0. The zero-order valence-electron chi connectivity index (χ0n) is 17.1. The predicted molar refractivity (Wildman–Crippen MR) is 109 cm³/mol. The SMILES string of the molecule is C=CCCCOc1ccc(C2OCC(CCc3ccc(C)c(F)c3)CO2)c(F)c1F. The number of aryl methyl sites for hydroxylation is 2. The molecule has 2 aromatic carbocycles. The van der Waals surface area contributed by atoms with Crippen molar-refractivity contribution in [3.63, 3.8) is 0 Å². The van der Waals surface area contributed by atoms with E-state index in [0.717, 1.165) is 18.4 Å². The first-order valence-electron chi connectivity index (χ1n) is 10.2. The van der Waals surface area contributed by atoms with Gasteiger partial charge < -0.3 is 14.2 Å². The summed E-state index contributed by atoms with van der Waals surface area (Å²) in [6, 6.07) is 8.04. The van der Waals surface area contributed by atoms with Gasteiger partial charge in [0.2, 0.25) is 5.82 Å². The second kappa shape index (κ2) is 10.6. The van der Waals surface area contributed by atoms with Crippen LogP contribution >= 0.6 is 0 Å². The maximum atomic E-state index is 14.5. The quantitative estimate of drug-likeness (QED) is 0.365. The van der Waals surface area contributed by atoms with Gasteiger partial charge in [-0.2, -0.15) is 4.39 Å². The van der Waals surface area contributed by atoms with Crippen LogP contribution in [0.25, 0.3) is 0 Å². The molecule has 30 heavy (non-hydrogen) atoms. The van der Waals surface area contributed by atoms with Crippen molar-refractivity contribution >= 4 is 0 Å². The van der Waals surface area contributed by atoms with E-state index in [4.69, 9.17) is 14.2 Å². The van der Waals surface area contributed by atoms with Crippen LogP contribution in [0.5, 0.6) is 5.75 Å². The molecule has 0 amide bonds. The van der Waals surface area contributed by atoms with Crippen LogP contribution in [0.3, 0.4) is 0 Å². The molecular formula is C24H27F3O3. The molecule has 0 aromatic heterocycles. The summed E-state index contributed by atoms with van der Waals surface area (Å²) in [6.45, 7) is 6.34. The smallest absolute Gasteiger partial charge is 0.201 e. The number of rotatable bonds is 9. The lowest BCUT2D eigenvalue weighted by atomic mass is 9.99. The number of ether oxygens (including phenoxy) is 3. The summed E-state index contributed by atoms with van der Waals surface area (Å²) in [7, 11) is 0. The van der Waals surface area contributed by atoms with Crippen LogP contribution in [-0.2, 0) is 15.9 Å². The second-order valence-corrected chi connectivity index (χ2v) is 7.55. The van der Waals surface area contributed by atoms with E-state index in [9.17, 15) is 13.2 Å². The predicted octanol–water partition coefficient (Wildman–Crippen LogP) is 6.05. The van der Waals surface area contributed by atoms with E-state index in [1.165, 1.54) is 12.1 Å². The van der Waals surface area contributed by atoms with Crippen LogP contribution in [0.2, 0.25) is 0 Å². The van der Waals surface area contributed by atoms with Gasteiger partial charge in [-0.1, -0.05) is 18.2 Å².